The largest absolute Gasteiger partial charge is 0.459 e. The van der Waals surface area contributed by atoms with Crippen LogP contribution < -0.4 is 0 Å². The summed E-state index contributed by atoms with van der Waals surface area (Å²) in [6.07, 6.45) is 21.6. The second-order valence-electron chi connectivity index (χ2n) is 13.1. The number of aromatic nitrogens is 3. The minimum Gasteiger partial charge on any atom is -0.459 e. The minimum absolute atomic E-state index is 0.244. The fraction of sp³-hybridized carbons (Fsp3) is 0.225. The molecule has 3 aromatic carbocycles. The summed E-state index contributed by atoms with van der Waals surface area (Å²) in [4.78, 5) is 15.6. The first-order valence-electron chi connectivity index (χ1n) is 16.0. The van der Waals surface area contributed by atoms with Crippen molar-refractivity contribution in [2.45, 2.75) is 37.5 Å². The second kappa shape index (κ2) is 8.86. The lowest BCUT2D eigenvalue weighted by Crippen LogP contribution is -2.17. The summed E-state index contributed by atoms with van der Waals surface area (Å²) in [7, 11) is 0. The number of benzene rings is 3. The van der Waals surface area contributed by atoms with Crippen molar-refractivity contribution in [3.05, 3.63) is 132 Å². The van der Waals surface area contributed by atoms with E-state index in [1.54, 1.807) is 0 Å². The van der Waals surface area contributed by atoms with E-state index in [9.17, 15) is 0 Å². The van der Waals surface area contributed by atoms with Crippen LogP contribution in [-0.4, -0.2) is 15.0 Å². The molecule has 4 heteroatoms. The van der Waals surface area contributed by atoms with Gasteiger partial charge in [0.05, 0.1) is 11.0 Å². The summed E-state index contributed by atoms with van der Waals surface area (Å²) in [5.41, 5.74) is 6.41. The third kappa shape index (κ3) is 3.48. The second-order valence-corrected chi connectivity index (χ2v) is 13.1. The predicted molar refractivity (Wildman–Crippen MR) is 177 cm³/mol. The molecule has 2 unspecified atom stereocenters. The molecular formula is C40H31N3O. The molecule has 10 rings (SSSR count). The van der Waals surface area contributed by atoms with Crippen LogP contribution in [0.25, 0.3) is 50.4 Å². The highest BCUT2D eigenvalue weighted by Crippen LogP contribution is 2.63. The lowest BCUT2D eigenvalue weighted by Gasteiger charge is -2.18. The van der Waals surface area contributed by atoms with Crippen LogP contribution in [0, 0.1) is 17.8 Å². The summed E-state index contributed by atoms with van der Waals surface area (Å²) in [6.45, 7) is 2.33. The van der Waals surface area contributed by atoms with Gasteiger partial charge >= 0.3 is 0 Å². The quantitative estimate of drug-likeness (QED) is 0.216. The van der Waals surface area contributed by atoms with Crippen molar-refractivity contribution in [2.75, 3.05) is 0 Å². The monoisotopic (exact) mass is 569 g/mol. The van der Waals surface area contributed by atoms with E-state index in [1.165, 1.54) is 33.9 Å². The zero-order chi connectivity index (χ0) is 29.0. The topological polar surface area (TPSA) is 51.8 Å². The fourth-order valence-corrected chi connectivity index (χ4v) is 7.96. The zero-order valence-corrected chi connectivity index (χ0v) is 24.6. The van der Waals surface area contributed by atoms with E-state index in [0.717, 1.165) is 52.4 Å². The van der Waals surface area contributed by atoms with Crippen molar-refractivity contribution in [1.82, 2.24) is 15.0 Å². The average molecular weight is 570 g/mol. The lowest BCUT2D eigenvalue weighted by molar-refractivity contribution is 0.545. The SMILES string of the molecule is C[C@H]1C2C=C(c3ccc4ccccc4c3)C=C[C@@]21c1nc(C2=CCCC=C2)nc(-c2cccc3c4c(oc23)[C@H]2CC2C=C4)n1. The molecule has 2 aromatic heterocycles. The zero-order valence-electron chi connectivity index (χ0n) is 24.6. The number of hydrogen-bond donors (Lipinski definition) is 0. The Hall–Kier alpha value is -4.83. The van der Waals surface area contributed by atoms with E-state index < -0.39 is 0 Å². The smallest absolute Gasteiger partial charge is 0.167 e. The van der Waals surface area contributed by atoms with Gasteiger partial charge in [0.15, 0.2) is 11.6 Å². The molecule has 2 fully saturated rings. The van der Waals surface area contributed by atoms with Gasteiger partial charge in [0.2, 0.25) is 0 Å². The highest BCUT2D eigenvalue weighted by Gasteiger charge is 2.63. The molecule has 212 valence electrons. The van der Waals surface area contributed by atoms with Gasteiger partial charge in [0.25, 0.3) is 0 Å². The molecule has 5 aromatic rings. The number of allylic oxidation sites excluding steroid dienone is 9. The molecule has 0 aliphatic heterocycles. The van der Waals surface area contributed by atoms with Crippen LogP contribution in [0.3, 0.4) is 0 Å². The first-order valence-corrected chi connectivity index (χ1v) is 16.0. The number of para-hydroxylation sites is 1. The Morgan fingerprint density at radius 3 is 2.64 bits per heavy atom. The van der Waals surface area contributed by atoms with E-state index in [0.29, 0.717) is 29.5 Å². The molecule has 5 aliphatic carbocycles. The molecule has 0 radical (unpaired) electrons. The molecule has 0 spiro atoms. The molecule has 44 heavy (non-hydrogen) atoms. The lowest BCUT2D eigenvalue weighted by atomic mass is 9.90. The van der Waals surface area contributed by atoms with Crippen molar-refractivity contribution in [2.24, 2.45) is 17.8 Å². The molecule has 4 nitrogen and oxygen atoms in total. The number of fused-ring (bicyclic) bond motifs is 7. The Labute approximate surface area is 256 Å². The maximum Gasteiger partial charge on any atom is 0.167 e. The molecule has 0 bridgehead atoms. The van der Waals surface area contributed by atoms with E-state index in [1.807, 2.05) is 0 Å². The fourth-order valence-electron chi connectivity index (χ4n) is 7.96. The van der Waals surface area contributed by atoms with Crippen LogP contribution in [0.2, 0.25) is 0 Å². The van der Waals surface area contributed by atoms with Gasteiger partial charge in [0, 0.05) is 22.4 Å². The van der Waals surface area contributed by atoms with Gasteiger partial charge in [-0.3, -0.25) is 0 Å². The summed E-state index contributed by atoms with van der Waals surface area (Å²) in [6, 6.07) is 21.7. The molecule has 2 heterocycles. The third-order valence-electron chi connectivity index (χ3n) is 10.7. The van der Waals surface area contributed by atoms with Crippen LogP contribution in [0.5, 0.6) is 0 Å². The highest BCUT2D eigenvalue weighted by molar-refractivity contribution is 5.98. The van der Waals surface area contributed by atoms with E-state index in [2.05, 4.69) is 116 Å². The van der Waals surface area contributed by atoms with Crippen molar-refractivity contribution in [3.8, 4) is 11.4 Å². The van der Waals surface area contributed by atoms with Gasteiger partial charge in [-0.25, -0.2) is 15.0 Å². The van der Waals surface area contributed by atoms with E-state index in [-0.39, 0.29) is 5.41 Å². The predicted octanol–water partition coefficient (Wildman–Crippen LogP) is 9.46. The number of hydrogen-bond acceptors (Lipinski definition) is 4. The van der Waals surface area contributed by atoms with Crippen molar-refractivity contribution in [1.29, 1.82) is 0 Å². The van der Waals surface area contributed by atoms with Crippen LogP contribution in [0.1, 0.15) is 60.6 Å². The van der Waals surface area contributed by atoms with Crippen molar-refractivity contribution in [3.63, 3.8) is 0 Å². The summed E-state index contributed by atoms with van der Waals surface area (Å²) >= 11 is 0. The van der Waals surface area contributed by atoms with E-state index in [4.69, 9.17) is 19.4 Å². The van der Waals surface area contributed by atoms with Crippen molar-refractivity contribution >= 4 is 39.0 Å². The number of furan rings is 1. The van der Waals surface area contributed by atoms with Crippen LogP contribution >= 0.6 is 0 Å². The van der Waals surface area contributed by atoms with Gasteiger partial charge in [-0.15, -0.1) is 0 Å². The van der Waals surface area contributed by atoms with Gasteiger partial charge < -0.3 is 4.42 Å². The molecule has 5 atom stereocenters. The van der Waals surface area contributed by atoms with Crippen LogP contribution in [-0.2, 0) is 5.41 Å². The maximum atomic E-state index is 6.65. The first-order chi connectivity index (χ1) is 21.7. The Kier molecular flexibility index (Phi) is 4.95. The standard InChI is InChI=1S/C40H31N3O/c1-23-34-22-28(27-15-14-24-8-5-6-11-26(24)20-27)18-19-40(23,34)39-42-37(25-9-3-2-4-10-25)41-38(43-39)32-13-7-12-30-31-17-16-29-21-33(29)36(31)44-35(30)32/h3,5-20,22-23,29,33-34H,2,4,21H2,1H3/t23-,29?,33-,34?,40-/m0/s1. The van der Waals surface area contributed by atoms with E-state index >= 15 is 0 Å². The first kappa shape index (κ1) is 24.6. The van der Waals surface area contributed by atoms with Crippen molar-refractivity contribution < 1.29 is 4.42 Å². The number of rotatable bonds is 4. The molecule has 2 saturated carbocycles. The Balaban J connectivity index is 1.10. The third-order valence-corrected chi connectivity index (χ3v) is 10.7. The highest BCUT2D eigenvalue weighted by atomic mass is 16.3. The molecule has 0 amide bonds. The summed E-state index contributed by atoms with van der Waals surface area (Å²) < 4.78 is 6.65. The molecule has 0 N–H and O–H groups in total. The Morgan fingerprint density at radius 1 is 0.841 bits per heavy atom. The van der Waals surface area contributed by atoms with Gasteiger partial charge in [-0.05, 0) is 71.1 Å². The van der Waals surface area contributed by atoms with Gasteiger partial charge in [0.1, 0.15) is 17.2 Å². The van der Waals surface area contributed by atoms with Crippen LogP contribution in [0.15, 0.2) is 108 Å². The Bertz CT molecular complexity index is 2210. The Morgan fingerprint density at radius 2 is 1.75 bits per heavy atom. The molecule has 5 aliphatic rings. The molecule has 0 saturated heterocycles. The summed E-state index contributed by atoms with van der Waals surface area (Å²) in [5.74, 6) is 5.30. The maximum absolute atomic E-state index is 6.65. The van der Waals surface area contributed by atoms with Crippen LogP contribution in [0.4, 0.5) is 0 Å². The summed E-state index contributed by atoms with van der Waals surface area (Å²) in [5, 5.41) is 3.68. The molecular weight excluding hydrogens is 538 g/mol. The average Bonchev–Trinajstić information content (AvgIpc) is 3.96. The van der Waals surface area contributed by atoms with Gasteiger partial charge in [-0.1, -0.05) is 104 Å². The normalized spacial score (nSPS) is 27.5. The van der Waals surface area contributed by atoms with Gasteiger partial charge in [-0.2, -0.15) is 0 Å². The number of nitrogens with zero attached hydrogens (tertiary/aromatic N) is 3. The minimum atomic E-state index is -0.244.